The molecule has 1 heterocycles. The lowest BCUT2D eigenvalue weighted by molar-refractivity contribution is 0.0691. The Hall–Kier alpha value is -1.63. The van der Waals surface area contributed by atoms with Gasteiger partial charge in [-0.2, -0.15) is 0 Å². The van der Waals surface area contributed by atoms with Crippen molar-refractivity contribution in [2.75, 3.05) is 6.61 Å². The van der Waals surface area contributed by atoms with E-state index in [-0.39, 0.29) is 12.3 Å². The van der Waals surface area contributed by atoms with Gasteiger partial charge in [0.05, 0.1) is 10.0 Å². The summed E-state index contributed by atoms with van der Waals surface area (Å²) in [6.45, 7) is 0.329. The number of nitrogens with zero attached hydrogens (tertiary/aromatic N) is 3. The summed E-state index contributed by atoms with van der Waals surface area (Å²) in [5, 5.41) is 26.2. The second kappa shape index (κ2) is 6.21. The van der Waals surface area contributed by atoms with E-state index in [4.69, 9.17) is 33.4 Å². The van der Waals surface area contributed by atoms with Gasteiger partial charge in [0.25, 0.3) is 0 Å². The molecule has 0 saturated heterocycles. The van der Waals surface area contributed by atoms with Crippen LogP contribution in [-0.2, 0) is 6.54 Å². The number of aromatic nitrogens is 3. The van der Waals surface area contributed by atoms with Gasteiger partial charge in [0.2, 0.25) is 0 Å². The minimum absolute atomic E-state index is 0.0247. The fourth-order valence-corrected chi connectivity index (χ4v) is 2.06. The number of benzene rings is 1. The highest BCUT2D eigenvalue weighted by Crippen LogP contribution is 2.29. The first-order valence-electron chi connectivity index (χ1n) is 5.77. The predicted molar refractivity (Wildman–Crippen MR) is 74.1 cm³/mol. The number of rotatable bonds is 5. The van der Waals surface area contributed by atoms with Crippen LogP contribution in [0.15, 0.2) is 18.2 Å². The molecule has 0 aliphatic carbocycles. The van der Waals surface area contributed by atoms with E-state index < -0.39 is 5.97 Å². The molecule has 1 aromatic carbocycles. The summed E-state index contributed by atoms with van der Waals surface area (Å²) in [6, 6.07) is 4.79. The maximum Gasteiger partial charge on any atom is 0.358 e. The van der Waals surface area contributed by atoms with Gasteiger partial charge in [0, 0.05) is 18.7 Å². The third kappa shape index (κ3) is 2.92. The van der Waals surface area contributed by atoms with E-state index in [2.05, 4.69) is 10.3 Å². The zero-order chi connectivity index (χ0) is 14.7. The number of carboxylic acid groups (broad SMARTS) is 1. The average Bonchev–Trinajstić information content (AvgIpc) is 2.83. The summed E-state index contributed by atoms with van der Waals surface area (Å²) in [4.78, 5) is 11.2. The van der Waals surface area contributed by atoms with Crippen molar-refractivity contribution in [1.29, 1.82) is 0 Å². The quantitative estimate of drug-likeness (QED) is 0.884. The first-order valence-corrected chi connectivity index (χ1v) is 6.53. The highest BCUT2D eigenvalue weighted by atomic mass is 35.5. The number of aliphatic hydroxyl groups is 1. The number of hydrogen-bond acceptors (Lipinski definition) is 4. The lowest BCUT2D eigenvalue weighted by Crippen LogP contribution is -2.06. The van der Waals surface area contributed by atoms with Crippen molar-refractivity contribution >= 4 is 29.2 Å². The highest BCUT2D eigenvalue weighted by molar-refractivity contribution is 6.42. The summed E-state index contributed by atoms with van der Waals surface area (Å²) >= 11 is 11.8. The van der Waals surface area contributed by atoms with Crippen molar-refractivity contribution in [3.05, 3.63) is 33.9 Å². The van der Waals surface area contributed by atoms with Crippen LogP contribution in [0.25, 0.3) is 11.3 Å². The Kier molecular flexibility index (Phi) is 4.59. The molecule has 2 N–H and O–H groups in total. The van der Waals surface area contributed by atoms with Crippen molar-refractivity contribution < 1.29 is 15.0 Å². The van der Waals surface area contributed by atoms with Crippen LogP contribution in [0, 0.1) is 0 Å². The summed E-state index contributed by atoms with van der Waals surface area (Å²) in [7, 11) is 0. The first kappa shape index (κ1) is 14.8. The van der Waals surface area contributed by atoms with Crippen LogP contribution in [0.1, 0.15) is 16.9 Å². The fourth-order valence-electron chi connectivity index (χ4n) is 1.76. The van der Waals surface area contributed by atoms with Crippen LogP contribution in [-0.4, -0.2) is 37.8 Å². The largest absolute Gasteiger partial charge is 0.476 e. The molecule has 0 radical (unpaired) electrons. The third-order valence-electron chi connectivity index (χ3n) is 2.66. The topological polar surface area (TPSA) is 88.2 Å². The zero-order valence-electron chi connectivity index (χ0n) is 10.3. The monoisotopic (exact) mass is 315 g/mol. The van der Waals surface area contributed by atoms with Crippen molar-refractivity contribution in [3.63, 3.8) is 0 Å². The number of hydrogen-bond donors (Lipinski definition) is 2. The SMILES string of the molecule is O=C(O)c1nnn(CCCO)c1-c1ccc(Cl)c(Cl)c1. The molecule has 0 bridgehead atoms. The number of aliphatic hydroxyl groups excluding tert-OH is 1. The second-order valence-corrected chi connectivity index (χ2v) is 4.84. The molecule has 0 spiro atoms. The smallest absolute Gasteiger partial charge is 0.358 e. The van der Waals surface area contributed by atoms with Gasteiger partial charge < -0.3 is 10.2 Å². The van der Waals surface area contributed by atoms with E-state index >= 15 is 0 Å². The van der Waals surface area contributed by atoms with Crippen LogP contribution in [0.3, 0.4) is 0 Å². The standard InChI is InChI=1S/C12H11Cl2N3O3/c13-8-3-2-7(6-9(8)14)11-10(12(19)20)15-16-17(11)4-1-5-18/h2-3,6,18H,1,4-5H2,(H,19,20). The molecule has 6 nitrogen and oxygen atoms in total. The molecular weight excluding hydrogens is 305 g/mol. The normalized spacial score (nSPS) is 10.8. The second-order valence-electron chi connectivity index (χ2n) is 4.02. The van der Waals surface area contributed by atoms with Gasteiger partial charge in [-0.25, -0.2) is 9.48 Å². The van der Waals surface area contributed by atoms with E-state index in [0.29, 0.717) is 34.3 Å². The minimum Gasteiger partial charge on any atom is -0.476 e. The Morgan fingerprint density at radius 1 is 1.30 bits per heavy atom. The average molecular weight is 316 g/mol. The summed E-state index contributed by atoms with van der Waals surface area (Å²) in [5.74, 6) is -1.18. The Labute approximate surface area is 124 Å². The van der Waals surface area contributed by atoms with Gasteiger partial charge in [-0.1, -0.05) is 34.5 Å². The van der Waals surface area contributed by atoms with Crippen LogP contribution in [0.4, 0.5) is 0 Å². The van der Waals surface area contributed by atoms with Gasteiger partial charge in [-0.3, -0.25) is 0 Å². The van der Waals surface area contributed by atoms with Crippen molar-refractivity contribution in [1.82, 2.24) is 15.0 Å². The molecule has 2 aromatic rings. The molecule has 0 aliphatic heterocycles. The van der Waals surface area contributed by atoms with E-state index in [1.54, 1.807) is 18.2 Å². The number of carboxylic acids is 1. The highest BCUT2D eigenvalue weighted by Gasteiger charge is 2.20. The molecular formula is C12H11Cl2N3O3. The van der Waals surface area contributed by atoms with Crippen molar-refractivity contribution in [3.8, 4) is 11.3 Å². The Morgan fingerprint density at radius 3 is 2.65 bits per heavy atom. The summed E-state index contributed by atoms with van der Waals surface area (Å²) < 4.78 is 1.43. The molecule has 0 atom stereocenters. The molecule has 2 rings (SSSR count). The summed E-state index contributed by atoms with van der Waals surface area (Å²) in [6.07, 6.45) is 0.441. The maximum atomic E-state index is 11.2. The first-order chi connectivity index (χ1) is 9.54. The molecule has 0 saturated carbocycles. The fraction of sp³-hybridized carbons (Fsp3) is 0.250. The van der Waals surface area contributed by atoms with Crippen molar-refractivity contribution in [2.24, 2.45) is 0 Å². The van der Waals surface area contributed by atoms with Gasteiger partial charge in [0.15, 0.2) is 5.69 Å². The van der Waals surface area contributed by atoms with E-state index in [0.717, 1.165) is 0 Å². The molecule has 0 aliphatic rings. The molecule has 8 heteroatoms. The number of carbonyl (C=O) groups is 1. The number of halogens is 2. The van der Waals surface area contributed by atoms with Crippen molar-refractivity contribution in [2.45, 2.75) is 13.0 Å². The summed E-state index contributed by atoms with van der Waals surface area (Å²) in [5.41, 5.74) is 0.727. The molecule has 20 heavy (non-hydrogen) atoms. The Balaban J connectivity index is 2.53. The van der Waals surface area contributed by atoms with E-state index in [1.807, 2.05) is 0 Å². The van der Waals surface area contributed by atoms with Gasteiger partial charge in [-0.05, 0) is 18.6 Å². The van der Waals surface area contributed by atoms with E-state index in [9.17, 15) is 4.79 Å². The predicted octanol–water partition coefficient (Wildman–Crippen LogP) is 2.33. The van der Waals surface area contributed by atoms with Gasteiger partial charge in [-0.15, -0.1) is 5.10 Å². The maximum absolute atomic E-state index is 11.2. The molecule has 0 amide bonds. The minimum atomic E-state index is -1.18. The van der Waals surface area contributed by atoms with Crippen LogP contribution >= 0.6 is 23.2 Å². The molecule has 106 valence electrons. The van der Waals surface area contributed by atoms with E-state index in [1.165, 1.54) is 4.68 Å². The van der Waals surface area contributed by atoms with Crippen LogP contribution in [0.2, 0.25) is 10.0 Å². The molecule has 0 fully saturated rings. The molecule has 1 aromatic heterocycles. The van der Waals surface area contributed by atoms with Crippen LogP contribution < -0.4 is 0 Å². The lowest BCUT2D eigenvalue weighted by atomic mass is 10.1. The lowest BCUT2D eigenvalue weighted by Gasteiger charge is -2.07. The number of aromatic carboxylic acids is 1. The van der Waals surface area contributed by atoms with Gasteiger partial charge in [0.1, 0.15) is 5.69 Å². The van der Waals surface area contributed by atoms with Crippen LogP contribution in [0.5, 0.6) is 0 Å². The van der Waals surface area contributed by atoms with Gasteiger partial charge >= 0.3 is 5.97 Å². The Bertz CT molecular complexity index is 643. The number of aryl methyl sites for hydroxylation is 1. The third-order valence-corrected chi connectivity index (χ3v) is 3.40. The zero-order valence-corrected chi connectivity index (χ0v) is 11.8. The molecule has 0 unspecified atom stereocenters. The Morgan fingerprint density at radius 2 is 2.05 bits per heavy atom.